The molecule has 2 aromatic carbocycles. The molecule has 1 amide bonds. The Hall–Kier alpha value is -3.59. The molecule has 1 fully saturated rings. The van der Waals surface area contributed by atoms with E-state index in [1.165, 1.54) is 23.5 Å². The number of amides is 1. The van der Waals surface area contributed by atoms with Crippen molar-refractivity contribution in [2.45, 2.75) is 25.9 Å². The summed E-state index contributed by atoms with van der Waals surface area (Å²) < 4.78 is 29.2. The summed E-state index contributed by atoms with van der Waals surface area (Å²) in [7, 11) is 0. The molecule has 0 bridgehead atoms. The number of thiophene rings is 1. The molecular weight excluding hydrogens is 470 g/mol. The number of rotatable bonds is 6. The lowest BCUT2D eigenvalue weighted by Gasteiger charge is -2.34. The fourth-order valence-corrected chi connectivity index (χ4v) is 5.28. The number of benzene rings is 2. The number of piperidine rings is 1. The number of nitrogens with zero attached hydrogens (tertiary/aromatic N) is 3. The fourth-order valence-electron chi connectivity index (χ4n) is 4.50. The number of carbonyl (C=O) groups is 1. The summed E-state index contributed by atoms with van der Waals surface area (Å²) in [5, 5.41) is 4.66. The van der Waals surface area contributed by atoms with E-state index < -0.39 is 11.6 Å². The van der Waals surface area contributed by atoms with Gasteiger partial charge in [0.05, 0.1) is 18.0 Å². The van der Waals surface area contributed by atoms with Gasteiger partial charge in [-0.2, -0.15) is 0 Å². The molecule has 1 aliphatic heterocycles. The molecule has 1 N–H and O–H groups in total. The Kier molecular flexibility index (Phi) is 6.59. The van der Waals surface area contributed by atoms with E-state index in [0.717, 1.165) is 18.1 Å². The topological polar surface area (TPSA) is 67.2 Å². The van der Waals surface area contributed by atoms with E-state index in [9.17, 15) is 18.4 Å². The summed E-state index contributed by atoms with van der Waals surface area (Å²) in [5.74, 6) is -1.32. The second-order valence-corrected chi connectivity index (χ2v) is 9.62. The van der Waals surface area contributed by atoms with Crippen LogP contribution in [0.15, 0.2) is 64.8 Å². The SMILES string of the molecule is O=C(NCc1cc(F)cc(F)c1)C1CCCN(c2nc3ccsc3c(=O)n2Cc2ccccc2)C1. The molecule has 9 heteroatoms. The maximum Gasteiger partial charge on any atom is 0.273 e. The number of fused-ring (bicyclic) bond motifs is 1. The minimum atomic E-state index is -0.677. The Labute approximate surface area is 204 Å². The van der Waals surface area contributed by atoms with Crippen LogP contribution in [-0.4, -0.2) is 28.5 Å². The lowest BCUT2D eigenvalue weighted by atomic mass is 9.97. The third-order valence-electron chi connectivity index (χ3n) is 6.19. The van der Waals surface area contributed by atoms with Gasteiger partial charge in [-0.05, 0) is 47.5 Å². The van der Waals surface area contributed by atoms with Crippen molar-refractivity contribution in [2.75, 3.05) is 18.0 Å². The summed E-state index contributed by atoms with van der Waals surface area (Å²) >= 11 is 1.37. The van der Waals surface area contributed by atoms with Crippen LogP contribution in [0.4, 0.5) is 14.7 Å². The molecular formula is C26H24F2N4O2S. The minimum absolute atomic E-state index is 0.0435. The maximum absolute atomic E-state index is 13.5. The van der Waals surface area contributed by atoms with Gasteiger partial charge in [0.15, 0.2) is 0 Å². The van der Waals surface area contributed by atoms with Crippen molar-refractivity contribution in [1.29, 1.82) is 0 Å². The van der Waals surface area contributed by atoms with E-state index in [1.807, 2.05) is 46.7 Å². The quantitative estimate of drug-likeness (QED) is 0.434. The molecule has 1 saturated heterocycles. The summed E-state index contributed by atoms with van der Waals surface area (Å²) in [5.41, 5.74) is 1.91. The zero-order chi connectivity index (χ0) is 24.4. The summed E-state index contributed by atoms with van der Waals surface area (Å²) in [6, 6.07) is 14.8. The van der Waals surface area contributed by atoms with Crippen molar-refractivity contribution in [3.8, 4) is 0 Å². The van der Waals surface area contributed by atoms with Gasteiger partial charge in [0.25, 0.3) is 5.56 Å². The van der Waals surface area contributed by atoms with Crippen LogP contribution in [0.1, 0.15) is 24.0 Å². The van der Waals surface area contributed by atoms with Crippen LogP contribution in [0.5, 0.6) is 0 Å². The van der Waals surface area contributed by atoms with Gasteiger partial charge in [-0.25, -0.2) is 13.8 Å². The normalized spacial score (nSPS) is 15.9. The molecule has 0 aliphatic carbocycles. The van der Waals surface area contributed by atoms with Crippen molar-refractivity contribution in [2.24, 2.45) is 5.92 Å². The minimum Gasteiger partial charge on any atom is -0.352 e. The van der Waals surface area contributed by atoms with Gasteiger partial charge in [-0.15, -0.1) is 11.3 Å². The van der Waals surface area contributed by atoms with Gasteiger partial charge < -0.3 is 10.2 Å². The summed E-state index contributed by atoms with van der Waals surface area (Å²) in [4.78, 5) is 33.1. The molecule has 0 radical (unpaired) electrons. The van der Waals surface area contributed by atoms with Crippen LogP contribution >= 0.6 is 11.3 Å². The molecule has 2 aromatic heterocycles. The monoisotopic (exact) mass is 494 g/mol. The largest absolute Gasteiger partial charge is 0.352 e. The highest BCUT2D eigenvalue weighted by molar-refractivity contribution is 7.17. The van der Waals surface area contributed by atoms with Gasteiger partial charge in [0.1, 0.15) is 16.3 Å². The maximum atomic E-state index is 13.5. The Balaban J connectivity index is 1.38. The second kappa shape index (κ2) is 9.95. The van der Waals surface area contributed by atoms with Crippen molar-refractivity contribution in [1.82, 2.24) is 14.9 Å². The van der Waals surface area contributed by atoms with Gasteiger partial charge in [-0.1, -0.05) is 30.3 Å². The van der Waals surface area contributed by atoms with Crippen molar-refractivity contribution in [3.63, 3.8) is 0 Å². The third kappa shape index (κ3) is 5.09. The van der Waals surface area contributed by atoms with E-state index in [2.05, 4.69) is 5.32 Å². The molecule has 4 aromatic rings. The average molecular weight is 495 g/mol. The Morgan fingerprint density at radius 1 is 1.09 bits per heavy atom. The van der Waals surface area contributed by atoms with E-state index in [0.29, 0.717) is 47.8 Å². The van der Waals surface area contributed by atoms with Crippen LogP contribution < -0.4 is 15.8 Å². The number of hydrogen-bond donors (Lipinski definition) is 1. The highest BCUT2D eigenvalue weighted by Crippen LogP contribution is 2.25. The Morgan fingerprint density at radius 3 is 2.63 bits per heavy atom. The lowest BCUT2D eigenvalue weighted by Crippen LogP contribution is -2.45. The second-order valence-electron chi connectivity index (χ2n) is 8.70. The average Bonchev–Trinajstić information content (AvgIpc) is 3.33. The van der Waals surface area contributed by atoms with E-state index >= 15 is 0 Å². The Morgan fingerprint density at radius 2 is 1.86 bits per heavy atom. The molecule has 35 heavy (non-hydrogen) atoms. The number of halogens is 2. The molecule has 6 nitrogen and oxygen atoms in total. The first-order valence-corrected chi connectivity index (χ1v) is 12.4. The smallest absolute Gasteiger partial charge is 0.273 e. The van der Waals surface area contributed by atoms with Crippen LogP contribution in [0, 0.1) is 17.6 Å². The van der Waals surface area contributed by atoms with E-state index in [-0.39, 0.29) is 23.9 Å². The number of nitrogens with one attached hydrogen (secondary N) is 1. The molecule has 1 aliphatic rings. The van der Waals surface area contributed by atoms with E-state index in [1.54, 1.807) is 4.57 Å². The predicted molar refractivity (Wildman–Crippen MR) is 133 cm³/mol. The zero-order valence-corrected chi connectivity index (χ0v) is 19.7. The van der Waals surface area contributed by atoms with Crippen LogP contribution in [0.3, 0.4) is 0 Å². The number of carbonyl (C=O) groups excluding carboxylic acids is 1. The van der Waals surface area contributed by atoms with Crippen molar-refractivity contribution < 1.29 is 13.6 Å². The van der Waals surface area contributed by atoms with Gasteiger partial charge in [0, 0.05) is 25.7 Å². The van der Waals surface area contributed by atoms with Gasteiger partial charge in [-0.3, -0.25) is 14.2 Å². The Bertz CT molecular complexity index is 1400. The van der Waals surface area contributed by atoms with Crippen molar-refractivity contribution in [3.05, 3.63) is 93.1 Å². The molecule has 1 unspecified atom stereocenters. The standard InChI is InChI=1S/C26H24F2N4O2S/c27-20-11-18(12-21(28)13-20)14-29-24(33)19-7-4-9-31(16-19)26-30-22-8-10-35-23(22)25(34)32(26)15-17-5-2-1-3-6-17/h1-3,5-6,8,10-13,19H,4,7,9,14-16H2,(H,29,33). The fraction of sp³-hybridized carbons (Fsp3) is 0.269. The zero-order valence-electron chi connectivity index (χ0n) is 18.9. The molecule has 3 heterocycles. The van der Waals surface area contributed by atoms with Gasteiger partial charge in [0.2, 0.25) is 11.9 Å². The number of anilines is 1. The first-order chi connectivity index (χ1) is 17.0. The number of hydrogen-bond acceptors (Lipinski definition) is 5. The van der Waals surface area contributed by atoms with Crippen LogP contribution in [0.25, 0.3) is 10.2 Å². The van der Waals surface area contributed by atoms with Crippen LogP contribution in [-0.2, 0) is 17.9 Å². The first kappa shape index (κ1) is 23.2. The molecule has 0 saturated carbocycles. The van der Waals surface area contributed by atoms with Crippen molar-refractivity contribution >= 4 is 33.4 Å². The van der Waals surface area contributed by atoms with Crippen LogP contribution in [0.2, 0.25) is 0 Å². The molecule has 0 spiro atoms. The summed E-state index contributed by atoms with van der Waals surface area (Å²) in [6.07, 6.45) is 1.44. The van der Waals surface area contributed by atoms with Gasteiger partial charge >= 0.3 is 0 Å². The predicted octanol–water partition coefficient (Wildman–Crippen LogP) is 4.32. The molecule has 5 rings (SSSR count). The first-order valence-electron chi connectivity index (χ1n) is 11.5. The summed E-state index contributed by atoms with van der Waals surface area (Å²) in [6.45, 7) is 1.51. The highest BCUT2D eigenvalue weighted by Gasteiger charge is 2.29. The third-order valence-corrected chi connectivity index (χ3v) is 7.08. The molecule has 180 valence electrons. The highest BCUT2D eigenvalue weighted by atomic mass is 32.1. The molecule has 1 atom stereocenters. The van der Waals surface area contributed by atoms with E-state index in [4.69, 9.17) is 4.98 Å². The lowest BCUT2D eigenvalue weighted by molar-refractivity contribution is -0.125. The number of aromatic nitrogens is 2.